The summed E-state index contributed by atoms with van der Waals surface area (Å²) < 4.78 is 0. The molecule has 3 nitrogen and oxygen atoms in total. The summed E-state index contributed by atoms with van der Waals surface area (Å²) >= 11 is 0. The topological polar surface area (TPSA) is 40.5 Å². The molecule has 3 heteroatoms. The number of hydrogen-bond donors (Lipinski definition) is 1. The van der Waals surface area contributed by atoms with Crippen LogP contribution in [0.15, 0.2) is 0 Å². The van der Waals surface area contributed by atoms with E-state index in [-0.39, 0.29) is 5.92 Å². The summed E-state index contributed by atoms with van der Waals surface area (Å²) in [6, 6.07) is 0.551. The maximum absolute atomic E-state index is 11.7. The second-order valence-corrected chi connectivity index (χ2v) is 6.65. The minimum Gasteiger partial charge on any atom is -0.481 e. The van der Waals surface area contributed by atoms with Crippen LogP contribution in [-0.2, 0) is 4.79 Å². The summed E-state index contributed by atoms with van der Waals surface area (Å²) in [5.74, 6) is 0.323. The molecular formula is C16H31NO2. The number of hydrogen-bond acceptors (Lipinski definition) is 2. The molecule has 0 aromatic rings. The molecular weight excluding hydrogens is 238 g/mol. The van der Waals surface area contributed by atoms with E-state index >= 15 is 0 Å². The number of carboxylic acid groups (broad SMARTS) is 1. The van der Waals surface area contributed by atoms with Gasteiger partial charge in [0.25, 0.3) is 0 Å². The van der Waals surface area contributed by atoms with E-state index in [1.165, 1.54) is 12.8 Å². The third kappa shape index (κ3) is 3.50. The lowest BCUT2D eigenvalue weighted by Crippen LogP contribution is -2.42. The average molecular weight is 269 g/mol. The Hall–Kier alpha value is -0.570. The number of rotatable bonds is 7. The zero-order chi connectivity index (χ0) is 14.6. The quantitative estimate of drug-likeness (QED) is 0.767. The molecule has 1 aliphatic heterocycles. The van der Waals surface area contributed by atoms with Gasteiger partial charge in [0, 0.05) is 12.6 Å². The molecule has 3 unspecified atom stereocenters. The van der Waals surface area contributed by atoms with E-state index in [1.54, 1.807) is 0 Å². The number of carboxylic acids is 1. The van der Waals surface area contributed by atoms with Crippen molar-refractivity contribution in [2.75, 3.05) is 13.1 Å². The fraction of sp³-hybridized carbons (Fsp3) is 0.938. The lowest BCUT2D eigenvalue weighted by atomic mass is 9.76. The van der Waals surface area contributed by atoms with Crippen molar-refractivity contribution in [3.63, 3.8) is 0 Å². The lowest BCUT2D eigenvalue weighted by Gasteiger charge is -2.33. The van der Waals surface area contributed by atoms with Gasteiger partial charge in [-0.05, 0) is 37.6 Å². The first-order chi connectivity index (χ1) is 8.87. The molecule has 19 heavy (non-hydrogen) atoms. The van der Waals surface area contributed by atoms with Crippen molar-refractivity contribution < 1.29 is 9.90 Å². The van der Waals surface area contributed by atoms with E-state index in [1.807, 2.05) is 13.8 Å². The molecule has 112 valence electrons. The van der Waals surface area contributed by atoms with Crippen LogP contribution in [-0.4, -0.2) is 35.1 Å². The summed E-state index contributed by atoms with van der Waals surface area (Å²) in [4.78, 5) is 14.1. The van der Waals surface area contributed by atoms with Gasteiger partial charge in [-0.2, -0.15) is 0 Å². The van der Waals surface area contributed by atoms with Crippen molar-refractivity contribution in [1.82, 2.24) is 4.90 Å². The Kier molecular flexibility index (Phi) is 5.84. The number of likely N-dealkylation sites (tertiary alicyclic amines) is 1. The fourth-order valence-electron chi connectivity index (χ4n) is 3.27. The van der Waals surface area contributed by atoms with Crippen LogP contribution >= 0.6 is 0 Å². The van der Waals surface area contributed by atoms with Crippen molar-refractivity contribution in [3.8, 4) is 0 Å². The molecule has 0 radical (unpaired) electrons. The van der Waals surface area contributed by atoms with Crippen molar-refractivity contribution in [1.29, 1.82) is 0 Å². The van der Waals surface area contributed by atoms with Crippen LogP contribution in [0.5, 0.6) is 0 Å². The van der Waals surface area contributed by atoms with E-state index in [4.69, 9.17) is 0 Å². The van der Waals surface area contributed by atoms with Crippen LogP contribution in [0.3, 0.4) is 0 Å². The summed E-state index contributed by atoms with van der Waals surface area (Å²) in [7, 11) is 0. The molecule has 0 aromatic carbocycles. The predicted octanol–water partition coefficient (Wildman–Crippen LogP) is 3.63. The number of aliphatic carboxylic acids is 1. The van der Waals surface area contributed by atoms with Crippen LogP contribution in [0.4, 0.5) is 0 Å². The monoisotopic (exact) mass is 269 g/mol. The molecule has 3 atom stereocenters. The van der Waals surface area contributed by atoms with E-state index in [0.29, 0.717) is 6.04 Å². The van der Waals surface area contributed by atoms with Crippen LogP contribution in [0.1, 0.15) is 60.3 Å². The maximum Gasteiger partial charge on any atom is 0.311 e. The van der Waals surface area contributed by atoms with Crippen molar-refractivity contribution in [2.24, 2.45) is 17.3 Å². The van der Waals surface area contributed by atoms with E-state index in [0.717, 1.165) is 31.8 Å². The van der Waals surface area contributed by atoms with Crippen molar-refractivity contribution >= 4 is 5.97 Å². The molecule has 1 aliphatic rings. The van der Waals surface area contributed by atoms with E-state index in [2.05, 4.69) is 25.7 Å². The minimum absolute atomic E-state index is 0.205. The van der Waals surface area contributed by atoms with Crippen LogP contribution in [0.25, 0.3) is 0 Å². The van der Waals surface area contributed by atoms with Gasteiger partial charge in [-0.15, -0.1) is 0 Å². The Morgan fingerprint density at radius 3 is 2.26 bits per heavy atom. The first-order valence-electron chi connectivity index (χ1n) is 7.84. The molecule has 0 saturated carbocycles. The SMILES string of the molecule is CCC(C)CC(CC)N1CCC(C(=O)O)(C(C)C)C1. The molecule has 0 spiro atoms. The van der Waals surface area contributed by atoms with Crippen molar-refractivity contribution in [2.45, 2.75) is 66.3 Å². The first-order valence-corrected chi connectivity index (χ1v) is 7.84. The Labute approximate surface area is 118 Å². The van der Waals surface area contributed by atoms with Gasteiger partial charge in [0.05, 0.1) is 5.41 Å². The van der Waals surface area contributed by atoms with Crippen molar-refractivity contribution in [3.05, 3.63) is 0 Å². The summed E-state index contributed by atoms with van der Waals surface area (Å²) in [5, 5.41) is 9.61. The van der Waals surface area contributed by atoms with Crippen LogP contribution in [0.2, 0.25) is 0 Å². The third-order valence-corrected chi connectivity index (χ3v) is 5.22. The summed E-state index contributed by atoms with van der Waals surface area (Å²) in [6.45, 7) is 12.5. The highest BCUT2D eigenvalue weighted by atomic mass is 16.4. The van der Waals surface area contributed by atoms with Gasteiger partial charge < -0.3 is 5.11 Å². The molecule has 1 rings (SSSR count). The lowest BCUT2D eigenvalue weighted by molar-refractivity contribution is -0.151. The summed E-state index contributed by atoms with van der Waals surface area (Å²) in [5.41, 5.74) is -0.525. The van der Waals surface area contributed by atoms with Crippen LogP contribution < -0.4 is 0 Å². The average Bonchev–Trinajstić information content (AvgIpc) is 2.81. The van der Waals surface area contributed by atoms with E-state index < -0.39 is 11.4 Å². The minimum atomic E-state index is -0.608. The first kappa shape index (κ1) is 16.5. The third-order valence-electron chi connectivity index (χ3n) is 5.22. The van der Waals surface area contributed by atoms with Gasteiger partial charge in [0.2, 0.25) is 0 Å². The van der Waals surface area contributed by atoms with Gasteiger partial charge in [0.1, 0.15) is 0 Å². The highest BCUT2D eigenvalue weighted by Crippen LogP contribution is 2.40. The molecule has 0 aliphatic carbocycles. The zero-order valence-corrected chi connectivity index (χ0v) is 13.3. The normalized spacial score (nSPS) is 27.7. The van der Waals surface area contributed by atoms with Gasteiger partial charge in [-0.3, -0.25) is 9.69 Å². The Balaban J connectivity index is 2.74. The van der Waals surface area contributed by atoms with Gasteiger partial charge in [-0.25, -0.2) is 0 Å². The largest absolute Gasteiger partial charge is 0.481 e. The fourth-order valence-corrected chi connectivity index (χ4v) is 3.27. The van der Waals surface area contributed by atoms with Gasteiger partial charge >= 0.3 is 5.97 Å². The molecule has 0 amide bonds. The molecule has 1 N–H and O–H groups in total. The second-order valence-electron chi connectivity index (χ2n) is 6.65. The molecule has 0 bridgehead atoms. The molecule has 1 heterocycles. The van der Waals surface area contributed by atoms with Crippen LogP contribution in [0, 0.1) is 17.3 Å². The number of carbonyl (C=O) groups is 1. The van der Waals surface area contributed by atoms with E-state index in [9.17, 15) is 9.90 Å². The Morgan fingerprint density at radius 1 is 1.26 bits per heavy atom. The number of nitrogens with zero attached hydrogens (tertiary/aromatic N) is 1. The predicted molar refractivity (Wildman–Crippen MR) is 79.2 cm³/mol. The van der Waals surface area contributed by atoms with Gasteiger partial charge in [0.15, 0.2) is 0 Å². The highest BCUT2D eigenvalue weighted by Gasteiger charge is 2.48. The summed E-state index contributed by atoms with van der Waals surface area (Å²) in [6.07, 6.45) is 4.33. The smallest absolute Gasteiger partial charge is 0.311 e. The highest BCUT2D eigenvalue weighted by molar-refractivity contribution is 5.75. The molecule has 0 aromatic heterocycles. The molecule has 1 saturated heterocycles. The Morgan fingerprint density at radius 2 is 1.89 bits per heavy atom. The second kappa shape index (κ2) is 6.74. The Bertz CT molecular complexity index is 303. The molecule has 1 fully saturated rings. The maximum atomic E-state index is 11.7. The zero-order valence-electron chi connectivity index (χ0n) is 13.3. The standard InChI is InChI=1S/C16H31NO2/c1-6-13(5)10-14(7-2)17-9-8-16(11-17,12(3)4)15(18)19/h12-14H,6-11H2,1-5H3,(H,18,19). The van der Waals surface area contributed by atoms with Gasteiger partial charge in [-0.1, -0.05) is 41.0 Å².